The van der Waals surface area contributed by atoms with Gasteiger partial charge >= 0.3 is 6.61 Å². The molecular formula is C23H20F2N2O5S. The number of methoxy groups -OCH3 is 1. The van der Waals surface area contributed by atoms with Crippen LogP contribution in [0.15, 0.2) is 59.5 Å². The summed E-state index contributed by atoms with van der Waals surface area (Å²) in [5, 5.41) is 2.13. The number of alkyl halides is 2. The number of para-hydroxylation sites is 1. The van der Waals surface area contributed by atoms with E-state index in [4.69, 9.17) is 4.74 Å². The molecule has 0 bridgehead atoms. The van der Waals surface area contributed by atoms with Gasteiger partial charge in [-0.25, -0.2) is 0 Å². The fourth-order valence-electron chi connectivity index (χ4n) is 2.95. The van der Waals surface area contributed by atoms with Crippen molar-refractivity contribution in [2.24, 2.45) is 0 Å². The van der Waals surface area contributed by atoms with E-state index in [2.05, 4.69) is 10.1 Å². The molecule has 1 N–H and O–H groups in total. The van der Waals surface area contributed by atoms with Crippen molar-refractivity contribution in [2.75, 3.05) is 20.2 Å². The largest absolute Gasteiger partial charge is 0.493 e. The first-order valence-electron chi connectivity index (χ1n) is 9.77. The third kappa shape index (κ3) is 6.42. The minimum absolute atomic E-state index is 0.00468. The number of hydrogen-bond acceptors (Lipinski definition) is 6. The molecule has 1 aliphatic heterocycles. The number of amides is 3. The number of thioether (sulfide) groups is 1. The lowest BCUT2D eigenvalue weighted by molar-refractivity contribution is -0.123. The SMILES string of the molecule is COc1cccc(C=CC(=O)NCCN2C(=O)SC(=Cc3ccccc3)C2=O)c1OC(F)F. The van der Waals surface area contributed by atoms with Crippen LogP contribution in [0.25, 0.3) is 12.2 Å². The van der Waals surface area contributed by atoms with Crippen molar-refractivity contribution in [3.63, 3.8) is 0 Å². The monoisotopic (exact) mass is 474 g/mol. The smallest absolute Gasteiger partial charge is 0.387 e. The lowest BCUT2D eigenvalue weighted by Crippen LogP contribution is -2.36. The Hall–Kier alpha value is -3.66. The van der Waals surface area contributed by atoms with E-state index in [0.717, 1.165) is 28.3 Å². The number of carbonyl (C=O) groups excluding carboxylic acids is 3. The molecule has 1 heterocycles. The van der Waals surface area contributed by atoms with Gasteiger partial charge in [0.05, 0.1) is 12.0 Å². The maximum Gasteiger partial charge on any atom is 0.387 e. The van der Waals surface area contributed by atoms with E-state index in [1.54, 1.807) is 12.1 Å². The van der Waals surface area contributed by atoms with Crippen molar-refractivity contribution >= 4 is 41.0 Å². The van der Waals surface area contributed by atoms with Gasteiger partial charge in [0.25, 0.3) is 11.1 Å². The summed E-state index contributed by atoms with van der Waals surface area (Å²) >= 11 is 0.838. The molecule has 0 spiro atoms. The number of nitrogens with one attached hydrogen (secondary N) is 1. The molecule has 1 saturated heterocycles. The number of carbonyl (C=O) groups is 3. The van der Waals surface area contributed by atoms with Gasteiger partial charge in [0, 0.05) is 24.7 Å². The van der Waals surface area contributed by atoms with Gasteiger partial charge in [0.2, 0.25) is 5.91 Å². The molecular weight excluding hydrogens is 454 g/mol. The van der Waals surface area contributed by atoms with Crippen LogP contribution in [-0.4, -0.2) is 48.8 Å². The molecule has 0 atom stereocenters. The van der Waals surface area contributed by atoms with Crippen LogP contribution >= 0.6 is 11.8 Å². The number of ether oxygens (including phenoxy) is 2. The van der Waals surface area contributed by atoms with E-state index >= 15 is 0 Å². The number of benzene rings is 2. The summed E-state index contributed by atoms with van der Waals surface area (Å²) in [6.45, 7) is -3.04. The molecule has 0 saturated carbocycles. The van der Waals surface area contributed by atoms with E-state index in [9.17, 15) is 23.2 Å². The normalized spacial score (nSPS) is 15.0. The van der Waals surface area contributed by atoms with E-state index in [0.29, 0.717) is 4.91 Å². The van der Waals surface area contributed by atoms with Crippen molar-refractivity contribution in [1.29, 1.82) is 0 Å². The summed E-state index contributed by atoms with van der Waals surface area (Å²) in [4.78, 5) is 38.2. The van der Waals surface area contributed by atoms with E-state index in [1.807, 2.05) is 30.3 Å². The Morgan fingerprint density at radius 3 is 2.61 bits per heavy atom. The predicted octanol–water partition coefficient (Wildman–Crippen LogP) is 4.16. The highest BCUT2D eigenvalue weighted by atomic mass is 32.2. The molecule has 33 heavy (non-hydrogen) atoms. The van der Waals surface area contributed by atoms with E-state index in [1.165, 1.54) is 25.3 Å². The average molecular weight is 474 g/mol. The number of halogens is 2. The Morgan fingerprint density at radius 1 is 1.15 bits per heavy atom. The summed E-state index contributed by atoms with van der Waals surface area (Å²) in [7, 11) is 1.31. The van der Waals surface area contributed by atoms with Crippen LogP contribution in [0.5, 0.6) is 11.5 Å². The van der Waals surface area contributed by atoms with Gasteiger partial charge in [-0.15, -0.1) is 0 Å². The highest BCUT2D eigenvalue weighted by molar-refractivity contribution is 8.18. The Balaban J connectivity index is 1.57. The van der Waals surface area contributed by atoms with Gasteiger partial charge < -0.3 is 14.8 Å². The molecule has 7 nitrogen and oxygen atoms in total. The van der Waals surface area contributed by atoms with Gasteiger partial charge in [0.1, 0.15) is 0 Å². The second kappa shape index (κ2) is 11.3. The number of hydrogen-bond donors (Lipinski definition) is 1. The molecule has 0 unspecified atom stereocenters. The van der Waals surface area contributed by atoms with Crippen LogP contribution in [0.3, 0.4) is 0 Å². The molecule has 0 aliphatic carbocycles. The highest BCUT2D eigenvalue weighted by Gasteiger charge is 2.34. The van der Waals surface area contributed by atoms with Gasteiger partial charge in [-0.05, 0) is 35.5 Å². The second-order valence-electron chi connectivity index (χ2n) is 6.63. The van der Waals surface area contributed by atoms with Crippen molar-refractivity contribution in [1.82, 2.24) is 10.2 Å². The lowest BCUT2D eigenvalue weighted by Gasteiger charge is -2.13. The van der Waals surface area contributed by atoms with Crippen molar-refractivity contribution < 1.29 is 32.6 Å². The zero-order valence-electron chi connectivity index (χ0n) is 17.5. The Labute approximate surface area is 193 Å². The van der Waals surface area contributed by atoms with Crippen molar-refractivity contribution in [3.8, 4) is 11.5 Å². The van der Waals surface area contributed by atoms with Crippen molar-refractivity contribution in [3.05, 3.63) is 70.6 Å². The second-order valence-corrected chi connectivity index (χ2v) is 7.62. The quantitative estimate of drug-likeness (QED) is 0.550. The minimum Gasteiger partial charge on any atom is -0.493 e. The maximum atomic E-state index is 12.7. The standard InChI is InChI=1S/C23H20F2N2O5S/c1-31-17-9-5-8-16(20(17)32-22(24)25)10-11-19(28)26-12-13-27-21(29)18(33-23(27)30)14-15-6-3-2-4-7-15/h2-11,14,22H,12-13H2,1H3,(H,26,28). The number of nitrogens with zero attached hydrogens (tertiary/aromatic N) is 1. The molecule has 172 valence electrons. The lowest BCUT2D eigenvalue weighted by atomic mass is 10.1. The van der Waals surface area contributed by atoms with Crippen LogP contribution in [0.4, 0.5) is 13.6 Å². The Morgan fingerprint density at radius 2 is 1.91 bits per heavy atom. The zero-order chi connectivity index (χ0) is 23.8. The molecule has 3 amide bonds. The topological polar surface area (TPSA) is 84.9 Å². The maximum absolute atomic E-state index is 12.7. The average Bonchev–Trinajstić information content (AvgIpc) is 3.06. The van der Waals surface area contributed by atoms with Crippen LogP contribution in [0, 0.1) is 0 Å². The summed E-state index contributed by atoms with van der Waals surface area (Å²) in [5.41, 5.74) is 1.02. The first kappa shape index (κ1) is 24.0. The molecule has 0 aromatic heterocycles. The van der Waals surface area contributed by atoms with Crippen LogP contribution in [-0.2, 0) is 9.59 Å². The third-order valence-electron chi connectivity index (χ3n) is 4.46. The number of imide groups is 1. The first-order valence-corrected chi connectivity index (χ1v) is 10.6. The molecule has 2 aromatic rings. The summed E-state index contributed by atoms with van der Waals surface area (Å²) in [6.07, 6.45) is 4.08. The summed E-state index contributed by atoms with van der Waals surface area (Å²) in [5.74, 6) is -1.06. The summed E-state index contributed by atoms with van der Waals surface area (Å²) in [6, 6.07) is 13.7. The van der Waals surface area contributed by atoms with E-state index < -0.39 is 23.7 Å². The van der Waals surface area contributed by atoms with Crippen LogP contribution in [0.1, 0.15) is 11.1 Å². The molecule has 3 rings (SSSR count). The fourth-order valence-corrected chi connectivity index (χ4v) is 3.81. The molecule has 2 aromatic carbocycles. The van der Waals surface area contributed by atoms with Crippen LogP contribution in [0.2, 0.25) is 0 Å². The first-order chi connectivity index (χ1) is 15.9. The van der Waals surface area contributed by atoms with E-state index in [-0.39, 0.29) is 30.2 Å². The van der Waals surface area contributed by atoms with Crippen molar-refractivity contribution in [2.45, 2.75) is 6.61 Å². The van der Waals surface area contributed by atoms with Crippen LogP contribution < -0.4 is 14.8 Å². The Kier molecular flexibility index (Phi) is 8.20. The van der Waals surface area contributed by atoms with Gasteiger partial charge in [-0.3, -0.25) is 19.3 Å². The minimum atomic E-state index is -3.06. The van der Waals surface area contributed by atoms with Gasteiger partial charge in [0.15, 0.2) is 11.5 Å². The van der Waals surface area contributed by atoms with Gasteiger partial charge in [-0.2, -0.15) is 8.78 Å². The molecule has 10 heteroatoms. The molecule has 1 aliphatic rings. The fraction of sp³-hybridized carbons (Fsp3) is 0.174. The third-order valence-corrected chi connectivity index (χ3v) is 5.36. The number of rotatable bonds is 9. The molecule has 0 radical (unpaired) electrons. The highest BCUT2D eigenvalue weighted by Crippen LogP contribution is 2.33. The summed E-state index contributed by atoms with van der Waals surface area (Å²) < 4.78 is 34.9. The predicted molar refractivity (Wildman–Crippen MR) is 121 cm³/mol. The van der Waals surface area contributed by atoms with Gasteiger partial charge in [-0.1, -0.05) is 42.5 Å². The molecule has 1 fully saturated rings. The Bertz CT molecular complexity index is 1090. The zero-order valence-corrected chi connectivity index (χ0v) is 18.3.